The second kappa shape index (κ2) is 9.72. The summed E-state index contributed by atoms with van der Waals surface area (Å²) in [6, 6.07) is 6.94. The van der Waals surface area contributed by atoms with Crippen LogP contribution < -0.4 is 10.2 Å². The number of nitrogens with one attached hydrogen (secondary N) is 1. The summed E-state index contributed by atoms with van der Waals surface area (Å²) in [6.07, 6.45) is 8.86. The average Bonchev–Trinajstić information content (AvgIpc) is 2.68. The average molecular weight is 359 g/mol. The van der Waals surface area contributed by atoms with Gasteiger partial charge in [0.05, 0.1) is 5.69 Å². The first kappa shape index (κ1) is 18.9. The molecule has 1 aliphatic carbocycles. The van der Waals surface area contributed by atoms with Gasteiger partial charge in [-0.1, -0.05) is 23.8 Å². The molecule has 0 spiro atoms. The zero-order valence-corrected chi connectivity index (χ0v) is 15.6. The highest BCUT2D eigenvalue weighted by Gasteiger charge is 2.19. The summed E-state index contributed by atoms with van der Waals surface area (Å²) in [5.41, 5.74) is 2.18. The molecule has 1 aromatic rings. The van der Waals surface area contributed by atoms with E-state index >= 15 is 0 Å². The maximum atomic E-state index is 13.9. The van der Waals surface area contributed by atoms with Crippen LogP contribution >= 0.6 is 0 Å². The zero-order chi connectivity index (χ0) is 18.2. The first-order valence-electron chi connectivity index (χ1n) is 9.89. The molecule has 1 heterocycles. The molecule has 1 saturated heterocycles. The number of halogens is 1. The molecule has 0 saturated carbocycles. The molecule has 142 valence electrons. The largest absolute Gasteiger partial charge is 0.367 e. The maximum Gasteiger partial charge on any atom is 0.221 e. The molecule has 1 N–H and O–H groups in total. The molecule has 1 amide bonds. The van der Waals surface area contributed by atoms with E-state index in [0.717, 1.165) is 45.7 Å². The highest BCUT2D eigenvalue weighted by Crippen LogP contribution is 2.20. The standard InChI is InChI=1S/C21H30FN3O/c22-19-8-4-5-9-20(19)25-16-14-24(15-17-25)13-11-21(26)23-12-10-18-6-2-1-3-7-18/h4-6,8-9H,1-3,7,10-17H2,(H,23,26). The number of para-hydroxylation sites is 1. The highest BCUT2D eigenvalue weighted by molar-refractivity contribution is 5.76. The Morgan fingerprint density at radius 1 is 1.12 bits per heavy atom. The lowest BCUT2D eigenvalue weighted by Crippen LogP contribution is -2.47. The fraction of sp³-hybridized carbons (Fsp3) is 0.571. The van der Waals surface area contributed by atoms with E-state index in [1.54, 1.807) is 6.07 Å². The van der Waals surface area contributed by atoms with Crippen LogP contribution in [0.4, 0.5) is 10.1 Å². The lowest BCUT2D eigenvalue weighted by atomic mass is 9.97. The molecule has 1 aliphatic heterocycles. The van der Waals surface area contributed by atoms with Crippen LogP contribution in [0.15, 0.2) is 35.9 Å². The Morgan fingerprint density at radius 2 is 1.92 bits per heavy atom. The van der Waals surface area contributed by atoms with Gasteiger partial charge < -0.3 is 10.2 Å². The molecule has 0 radical (unpaired) electrons. The smallest absolute Gasteiger partial charge is 0.221 e. The number of benzene rings is 1. The zero-order valence-electron chi connectivity index (χ0n) is 15.6. The van der Waals surface area contributed by atoms with Gasteiger partial charge in [0.15, 0.2) is 0 Å². The predicted molar refractivity (Wildman–Crippen MR) is 104 cm³/mol. The minimum atomic E-state index is -0.159. The van der Waals surface area contributed by atoms with Gasteiger partial charge in [-0.05, 0) is 44.2 Å². The topological polar surface area (TPSA) is 35.6 Å². The van der Waals surface area contributed by atoms with Gasteiger partial charge in [-0.2, -0.15) is 0 Å². The van der Waals surface area contributed by atoms with Gasteiger partial charge in [-0.15, -0.1) is 0 Å². The first-order chi connectivity index (χ1) is 12.7. The Balaban J connectivity index is 1.31. The van der Waals surface area contributed by atoms with Crippen molar-refractivity contribution >= 4 is 11.6 Å². The summed E-state index contributed by atoms with van der Waals surface area (Å²) in [7, 11) is 0. The van der Waals surface area contributed by atoms with Crippen molar-refractivity contribution < 1.29 is 9.18 Å². The Kier molecular flexibility index (Phi) is 7.06. The van der Waals surface area contributed by atoms with E-state index in [4.69, 9.17) is 0 Å². The number of allylic oxidation sites excluding steroid dienone is 1. The Bertz CT molecular complexity index is 623. The summed E-state index contributed by atoms with van der Waals surface area (Å²) >= 11 is 0. The molecular weight excluding hydrogens is 329 g/mol. The van der Waals surface area contributed by atoms with Gasteiger partial charge in [0, 0.05) is 45.7 Å². The Morgan fingerprint density at radius 3 is 2.65 bits per heavy atom. The van der Waals surface area contributed by atoms with E-state index in [2.05, 4.69) is 21.2 Å². The van der Waals surface area contributed by atoms with E-state index in [1.165, 1.54) is 37.3 Å². The number of anilines is 1. The summed E-state index contributed by atoms with van der Waals surface area (Å²) in [5.74, 6) is -0.0219. The molecule has 26 heavy (non-hydrogen) atoms. The third-order valence-corrected chi connectivity index (χ3v) is 5.37. The number of amides is 1. The molecule has 0 unspecified atom stereocenters. The lowest BCUT2D eigenvalue weighted by Gasteiger charge is -2.36. The molecule has 1 fully saturated rings. The van der Waals surface area contributed by atoms with Gasteiger partial charge in [0.2, 0.25) is 5.91 Å². The van der Waals surface area contributed by atoms with Crippen molar-refractivity contribution in [2.75, 3.05) is 44.2 Å². The fourth-order valence-corrected chi connectivity index (χ4v) is 3.76. The Hall–Kier alpha value is -1.88. The van der Waals surface area contributed by atoms with Crippen molar-refractivity contribution in [3.63, 3.8) is 0 Å². The number of carbonyl (C=O) groups excluding carboxylic acids is 1. The number of piperazine rings is 1. The highest BCUT2D eigenvalue weighted by atomic mass is 19.1. The molecule has 0 bridgehead atoms. The summed E-state index contributed by atoms with van der Waals surface area (Å²) < 4.78 is 13.9. The van der Waals surface area contributed by atoms with Crippen molar-refractivity contribution in [3.8, 4) is 0 Å². The fourth-order valence-electron chi connectivity index (χ4n) is 3.76. The van der Waals surface area contributed by atoms with Crippen molar-refractivity contribution in [1.82, 2.24) is 10.2 Å². The number of hydrogen-bond acceptors (Lipinski definition) is 3. The Labute approximate surface area is 156 Å². The molecule has 1 aromatic carbocycles. The SMILES string of the molecule is O=C(CCN1CCN(c2ccccc2F)CC1)NCCC1=CCCCC1. The third kappa shape index (κ3) is 5.56. The number of hydrogen-bond donors (Lipinski definition) is 1. The molecule has 2 aliphatic rings. The molecule has 0 atom stereocenters. The van der Waals surface area contributed by atoms with Gasteiger partial charge in [-0.3, -0.25) is 9.69 Å². The maximum absolute atomic E-state index is 13.9. The third-order valence-electron chi connectivity index (χ3n) is 5.37. The van der Waals surface area contributed by atoms with E-state index < -0.39 is 0 Å². The van der Waals surface area contributed by atoms with E-state index in [1.807, 2.05) is 12.1 Å². The van der Waals surface area contributed by atoms with Crippen LogP contribution in [-0.4, -0.2) is 50.1 Å². The van der Waals surface area contributed by atoms with Gasteiger partial charge >= 0.3 is 0 Å². The van der Waals surface area contributed by atoms with Crippen LogP contribution in [0.1, 0.15) is 38.5 Å². The lowest BCUT2D eigenvalue weighted by molar-refractivity contribution is -0.121. The minimum Gasteiger partial charge on any atom is -0.367 e. The minimum absolute atomic E-state index is 0.137. The molecular formula is C21H30FN3O. The first-order valence-corrected chi connectivity index (χ1v) is 9.89. The van der Waals surface area contributed by atoms with Crippen molar-refractivity contribution in [2.24, 2.45) is 0 Å². The number of carbonyl (C=O) groups is 1. The molecule has 3 rings (SSSR count). The molecule has 5 heteroatoms. The van der Waals surface area contributed by atoms with Gasteiger partial charge in [-0.25, -0.2) is 4.39 Å². The number of rotatable bonds is 7. The molecule has 0 aromatic heterocycles. The van der Waals surface area contributed by atoms with E-state index in [9.17, 15) is 9.18 Å². The normalized spacial score (nSPS) is 18.5. The van der Waals surface area contributed by atoms with E-state index in [-0.39, 0.29) is 11.7 Å². The summed E-state index contributed by atoms with van der Waals surface area (Å²) in [5, 5.41) is 3.05. The van der Waals surface area contributed by atoms with Crippen LogP contribution in [0.25, 0.3) is 0 Å². The van der Waals surface area contributed by atoms with Crippen LogP contribution in [0.3, 0.4) is 0 Å². The summed E-state index contributed by atoms with van der Waals surface area (Å²) in [4.78, 5) is 16.4. The summed E-state index contributed by atoms with van der Waals surface area (Å²) in [6.45, 7) is 4.88. The van der Waals surface area contributed by atoms with Crippen LogP contribution in [0, 0.1) is 5.82 Å². The number of nitrogens with zero attached hydrogens (tertiary/aromatic N) is 2. The second-order valence-electron chi connectivity index (χ2n) is 7.24. The van der Waals surface area contributed by atoms with Crippen LogP contribution in [0.5, 0.6) is 0 Å². The quantitative estimate of drug-likeness (QED) is 0.759. The van der Waals surface area contributed by atoms with Crippen molar-refractivity contribution in [3.05, 3.63) is 41.7 Å². The van der Waals surface area contributed by atoms with Gasteiger partial charge in [0.25, 0.3) is 0 Å². The van der Waals surface area contributed by atoms with Crippen molar-refractivity contribution in [2.45, 2.75) is 38.5 Å². The van der Waals surface area contributed by atoms with Gasteiger partial charge in [0.1, 0.15) is 5.82 Å². The second-order valence-corrected chi connectivity index (χ2v) is 7.24. The monoisotopic (exact) mass is 359 g/mol. The molecule has 4 nitrogen and oxygen atoms in total. The van der Waals surface area contributed by atoms with Crippen molar-refractivity contribution in [1.29, 1.82) is 0 Å². The van der Waals surface area contributed by atoms with E-state index in [0.29, 0.717) is 12.1 Å². The van der Waals surface area contributed by atoms with Crippen LogP contribution in [0.2, 0.25) is 0 Å². The van der Waals surface area contributed by atoms with Crippen LogP contribution in [-0.2, 0) is 4.79 Å². The predicted octanol–water partition coefficient (Wildman–Crippen LogP) is 3.34.